The number of carbonyl (C=O) groups excluding carboxylic acids is 5. The van der Waals surface area contributed by atoms with Crippen molar-refractivity contribution < 1.29 is 47.3 Å². The number of methoxy groups -OCH3 is 1. The molecule has 39 heavy (non-hydrogen) atoms. The maximum Gasteiger partial charge on any atom is 0.347 e. The van der Waals surface area contributed by atoms with Gasteiger partial charge in [-0.3, -0.25) is 19.2 Å². The fraction of sp³-hybridized carbons (Fsp3) is 0.621. The molecule has 2 saturated heterocycles. The number of fused-ring (bicyclic) bond motifs is 2. The summed E-state index contributed by atoms with van der Waals surface area (Å²) in [4.78, 5) is 64.6. The van der Waals surface area contributed by atoms with Crippen molar-refractivity contribution in [2.24, 2.45) is 28.6 Å². The van der Waals surface area contributed by atoms with Crippen LogP contribution < -0.4 is 0 Å². The Hall–Kier alpha value is -3.27. The quantitative estimate of drug-likeness (QED) is 0.309. The number of hydrogen-bond acceptors (Lipinski definition) is 10. The average molecular weight is 543 g/mol. The number of epoxide rings is 1. The highest BCUT2D eigenvalue weighted by Crippen LogP contribution is 2.66. The second-order valence-electron chi connectivity index (χ2n) is 12.1. The molecule has 3 heterocycles. The van der Waals surface area contributed by atoms with Crippen molar-refractivity contribution in [1.82, 2.24) is 0 Å². The highest BCUT2D eigenvalue weighted by Gasteiger charge is 2.76. The number of rotatable bonds is 5. The first-order valence-electron chi connectivity index (χ1n) is 13.2. The summed E-state index contributed by atoms with van der Waals surface area (Å²) in [6.45, 7) is 8.55. The van der Waals surface area contributed by atoms with E-state index in [2.05, 4.69) is 0 Å². The van der Waals surface area contributed by atoms with Crippen molar-refractivity contribution in [2.75, 3.05) is 7.11 Å². The molecule has 4 aliphatic rings. The van der Waals surface area contributed by atoms with Crippen LogP contribution in [0.3, 0.4) is 0 Å². The summed E-state index contributed by atoms with van der Waals surface area (Å²) in [6, 6.07) is 1.75. The Morgan fingerprint density at radius 3 is 2.46 bits per heavy atom. The lowest BCUT2D eigenvalue weighted by molar-refractivity contribution is -0.187. The Morgan fingerprint density at radius 2 is 1.85 bits per heavy atom. The first-order chi connectivity index (χ1) is 18.3. The summed E-state index contributed by atoms with van der Waals surface area (Å²) in [5, 5.41) is 0. The molecule has 1 aromatic rings. The van der Waals surface area contributed by atoms with Crippen LogP contribution in [0.5, 0.6) is 0 Å². The monoisotopic (exact) mass is 542 g/mol. The van der Waals surface area contributed by atoms with Crippen LogP contribution in [0.2, 0.25) is 0 Å². The molecule has 10 nitrogen and oxygen atoms in total. The molecule has 0 unspecified atom stereocenters. The van der Waals surface area contributed by atoms with E-state index in [-0.39, 0.29) is 24.4 Å². The number of hydrogen-bond donors (Lipinski definition) is 0. The molecule has 10 heteroatoms. The maximum absolute atomic E-state index is 13.8. The minimum Gasteiger partial charge on any atom is -0.472 e. The van der Waals surface area contributed by atoms with Crippen molar-refractivity contribution in [3.8, 4) is 0 Å². The Morgan fingerprint density at radius 1 is 1.13 bits per heavy atom. The van der Waals surface area contributed by atoms with Gasteiger partial charge in [0, 0.05) is 47.6 Å². The number of carbonyl (C=O) groups is 5. The van der Waals surface area contributed by atoms with E-state index in [1.807, 2.05) is 20.8 Å². The average Bonchev–Trinajstić information content (AvgIpc) is 3.35. The third-order valence-corrected chi connectivity index (χ3v) is 9.31. The number of allylic oxidation sites excluding steroid dienone is 1. The van der Waals surface area contributed by atoms with Crippen LogP contribution in [0.4, 0.5) is 0 Å². The Balaban J connectivity index is 1.52. The van der Waals surface area contributed by atoms with Crippen LogP contribution in [0.25, 0.3) is 0 Å². The molecule has 0 aromatic carbocycles. The van der Waals surface area contributed by atoms with Crippen molar-refractivity contribution in [3.63, 3.8) is 0 Å². The van der Waals surface area contributed by atoms with Crippen molar-refractivity contribution in [2.45, 2.75) is 77.8 Å². The van der Waals surface area contributed by atoms with Gasteiger partial charge in [0.2, 0.25) is 6.10 Å². The van der Waals surface area contributed by atoms with Gasteiger partial charge in [-0.1, -0.05) is 33.8 Å². The zero-order chi connectivity index (χ0) is 28.5. The van der Waals surface area contributed by atoms with Gasteiger partial charge in [0.25, 0.3) is 0 Å². The Bertz CT molecular complexity index is 1260. The number of esters is 3. The molecule has 0 bridgehead atoms. The first-order valence-corrected chi connectivity index (χ1v) is 13.2. The van der Waals surface area contributed by atoms with Gasteiger partial charge in [0.05, 0.1) is 26.1 Å². The molecule has 1 saturated carbocycles. The number of furan rings is 1. The zero-order valence-electron chi connectivity index (χ0n) is 23.0. The molecule has 2 aliphatic carbocycles. The van der Waals surface area contributed by atoms with Gasteiger partial charge in [-0.05, 0) is 17.9 Å². The van der Waals surface area contributed by atoms with E-state index in [1.54, 1.807) is 19.1 Å². The van der Waals surface area contributed by atoms with Crippen molar-refractivity contribution in [3.05, 3.63) is 35.8 Å². The van der Waals surface area contributed by atoms with Gasteiger partial charge in [0.1, 0.15) is 12.2 Å². The highest BCUT2D eigenvalue weighted by molar-refractivity contribution is 6.04. The smallest absolute Gasteiger partial charge is 0.347 e. The number of Topliss-reactive ketones (excluding diaryl/α,β-unsaturated/α-hetero) is 2. The van der Waals surface area contributed by atoms with Crippen LogP contribution in [0.1, 0.15) is 65.5 Å². The summed E-state index contributed by atoms with van der Waals surface area (Å²) in [6.07, 6.45) is 2.77. The van der Waals surface area contributed by atoms with Gasteiger partial charge >= 0.3 is 17.9 Å². The van der Waals surface area contributed by atoms with Gasteiger partial charge in [-0.15, -0.1) is 0 Å². The summed E-state index contributed by atoms with van der Waals surface area (Å²) in [5.74, 6) is -4.24. The normalized spacial score (nSPS) is 37.8. The second kappa shape index (κ2) is 9.15. The minimum absolute atomic E-state index is 0.00694. The SMILES string of the molecule is COC(=O)[C@H](OC(C)=O)[C@@H]1[C@@H](C)C(=O)C([C@H]2O[C@@]23C(=O)CC[C@]2(C)[C@H]3CC(=O)O[C@H]2c2ccoc2)=CC1(C)C. The van der Waals surface area contributed by atoms with E-state index < -0.39 is 70.4 Å². The summed E-state index contributed by atoms with van der Waals surface area (Å²) >= 11 is 0. The Kier molecular flexibility index (Phi) is 6.40. The molecule has 0 amide bonds. The van der Waals surface area contributed by atoms with E-state index in [0.29, 0.717) is 17.6 Å². The Labute approximate surface area is 226 Å². The van der Waals surface area contributed by atoms with Gasteiger partial charge < -0.3 is 23.4 Å². The number of ketones is 2. The van der Waals surface area contributed by atoms with E-state index in [0.717, 1.165) is 0 Å². The van der Waals surface area contributed by atoms with E-state index in [4.69, 9.17) is 23.4 Å². The largest absolute Gasteiger partial charge is 0.472 e. The van der Waals surface area contributed by atoms with Gasteiger partial charge in [0.15, 0.2) is 17.2 Å². The lowest BCUT2D eigenvalue weighted by Gasteiger charge is -2.51. The standard InChI is InChI=1S/C29H34O10/c1-14-21(23(26(34)35-6)37-15(2)30)27(3,4)12-17(22(14)33)25-29(39-25)18-11-20(32)38-24(16-8-10-36-13-16)28(18,5)9-7-19(29)31/h8,10,12-14,18,21,23-25H,7,9,11H2,1-6H3/t14-,18-,21+,23-,24+,25-,28-,29+/m1/s1. The van der Waals surface area contributed by atoms with Crippen LogP contribution in [0.15, 0.2) is 34.7 Å². The third kappa shape index (κ3) is 4.06. The zero-order valence-corrected chi connectivity index (χ0v) is 23.0. The summed E-state index contributed by atoms with van der Waals surface area (Å²) in [7, 11) is 1.20. The molecule has 0 N–H and O–H groups in total. The first kappa shape index (κ1) is 27.3. The van der Waals surface area contributed by atoms with Crippen LogP contribution in [-0.4, -0.2) is 54.4 Å². The summed E-state index contributed by atoms with van der Waals surface area (Å²) in [5.41, 5.74) is -1.70. The molecule has 210 valence electrons. The van der Waals surface area contributed by atoms with Crippen molar-refractivity contribution in [1.29, 1.82) is 0 Å². The molecule has 0 radical (unpaired) electrons. The molecule has 3 fully saturated rings. The topological polar surface area (TPSA) is 139 Å². The van der Waals surface area contributed by atoms with Crippen LogP contribution >= 0.6 is 0 Å². The molecule has 8 atom stereocenters. The van der Waals surface area contributed by atoms with Crippen LogP contribution in [0, 0.1) is 28.6 Å². The fourth-order valence-corrected chi connectivity index (χ4v) is 7.48. The second-order valence-corrected chi connectivity index (χ2v) is 12.1. The lowest BCUT2D eigenvalue weighted by atomic mass is 9.54. The van der Waals surface area contributed by atoms with Crippen molar-refractivity contribution >= 4 is 29.5 Å². The van der Waals surface area contributed by atoms with E-state index in [9.17, 15) is 24.0 Å². The van der Waals surface area contributed by atoms with E-state index in [1.165, 1.54) is 26.6 Å². The van der Waals surface area contributed by atoms with Crippen LogP contribution in [-0.2, 0) is 42.9 Å². The fourth-order valence-electron chi connectivity index (χ4n) is 7.48. The molecule has 5 rings (SSSR count). The lowest BCUT2D eigenvalue weighted by Crippen LogP contribution is -2.56. The minimum atomic E-state index is -1.32. The van der Waals surface area contributed by atoms with Gasteiger partial charge in [-0.25, -0.2) is 4.79 Å². The molecular formula is C29H34O10. The molecule has 1 aromatic heterocycles. The predicted octanol–water partition coefficient (Wildman–Crippen LogP) is 3.28. The molecular weight excluding hydrogens is 508 g/mol. The van der Waals surface area contributed by atoms with E-state index >= 15 is 0 Å². The molecule has 2 aliphatic heterocycles. The predicted molar refractivity (Wildman–Crippen MR) is 133 cm³/mol. The number of cyclic esters (lactones) is 1. The third-order valence-electron chi connectivity index (χ3n) is 9.31. The number of ether oxygens (including phenoxy) is 4. The highest BCUT2D eigenvalue weighted by atomic mass is 16.6. The molecule has 1 spiro atoms. The maximum atomic E-state index is 13.8. The summed E-state index contributed by atoms with van der Waals surface area (Å²) < 4.78 is 27.5. The van der Waals surface area contributed by atoms with Gasteiger partial charge in [-0.2, -0.15) is 0 Å².